The van der Waals surface area contributed by atoms with Gasteiger partial charge in [0.05, 0.1) is 17.4 Å². The number of carbonyl (C=O) groups excluding carboxylic acids is 1. The maximum atomic E-state index is 11.0. The van der Waals surface area contributed by atoms with Crippen molar-refractivity contribution in [3.63, 3.8) is 0 Å². The number of aromatic carboxylic acids is 1. The molecule has 1 aromatic carbocycles. The second-order valence-electron chi connectivity index (χ2n) is 4.38. The summed E-state index contributed by atoms with van der Waals surface area (Å²) >= 11 is 0. The van der Waals surface area contributed by atoms with Crippen LogP contribution in [0.3, 0.4) is 0 Å². The summed E-state index contributed by atoms with van der Waals surface area (Å²) in [5, 5.41) is 26.0. The molecule has 0 aliphatic carbocycles. The smallest absolute Gasteiger partial charge is 0.312 e. The Kier molecular flexibility index (Phi) is 3.51. The summed E-state index contributed by atoms with van der Waals surface area (Å²) in [7, 11) is 0. The lowest BCUT2D eigenvalue weighted by Gasteiger charge is -2.10. The molecule has 0 atom stereocenters. The topological polar surface area (TPSA) is 101 Å². The van der Waals surface area contributed by atoms with E-state index in [1.54, 1.807) is 32.0 Å². The average Bonchev–Trinajstić information content (AvgIpc) is 2.64. The zero-order valence-electron chi connectivity index (χ0n) is 11.0. The van der Waals surface area contributed by atoms with Crippen molar-refractivity contribution >= 4 is 11.7 Å². The Bertz CT molecular complexity index is 691. The fourth-order valence-electron chi connectivity index (χ4n) is 2.12. The number of benzene rings is 1. The third-order valence-corrected chi connectivity index (χ3v) is 3.08. The molecule has 0 aliphatic rings. The van der Waals surface area contributed by atoms with Gasteiger partial charge in [-0.2, -0.15) is 5.10 Å². The highest BCUT2D eigenvalue weighted by Crippen LogP contribution is 2.23. The van der Waals surface area contributed by atoms with E-state index in [9.17, 15) is 20.0 Å². The van der Waals surface area contributed by atoms with Gasteiger partial charge in [0.15, 0.2) is 0 Å². The first-order valence-corrected chi connectivity index (χ1v) is 5.89. The van der Waals surface area contributed by atoms with E-state index in [0.29, 0.717) is 17.0 Å². The molecule has 1 aromatic heterocycles. The third-order valence-electron chi connectivity index (χ3n) is 3.08. The lowest BCUT2D eigenvalue weighted by Crippen LogP contribution is -2.24. The number of nitrogens with zero attached hydrogens (tertiary/aromatic N) is 3. The Balaban J connectivity index is 2.44. The van der Waals surface area contributed by atoms with Gasteiger partial charge in [0.1, 0.15) is 11.4 Å². The van der Waals surface area contributed by atoms with Crippen LogP contribution in [-0.4, -0.2) is 20.7 Å². The highest BCUT2D eigenvalue weighted by atomic mass is 16.6. The van der Waals surface area contributed by atoms with Crippen LogP contribution in [0.2, 0.25) is 0 Å². The van der Waals surface area contributed by atoms with Crippen molar-refractivity contribution in [1.29, 1.82) is 0 Å². The molecule has 0 unspecified atom stereocenters. The number of rotatable bonds is 4. The van der Waals surface area contributed by atoms with Gasteiger partial charge in [0.25, 0.3) is 0 Å². The van der Waals surface area contributed by atoms with Gasteiger partial charge >= 0.3 is 5.69 Å². The molecule has 0 fully saturated rings. The summed E-state index contributed by atoms with van der Waals surface area (Å²) in [4.78, 5) is 21.5. The summed E-state index contributed by atoms with van der Waals surface area (Å²) in [5.74, 6) is -1.28. The molecule has 7 nitrogen and oxygen atoms in total. The van der Waals surface area contributed by atoms with E-state index in [4.69, 9.17) is 0 Å². The largest absolute Gasteiger partial charge is 0.545 e. The van der Waals surface area contributed by atoms with Gasteiger partial charge in [-0.3, -0.25) is 14.8 Å². The number of aryl methyl sites for hydroxylation is 1. The molecule has 2 aromatic rings. The number of carbonyl (C=O) groups is 1. The van der Waals surface area contributed by atoms with E-state index in [1.165, 1.54) is 10.7 Å². The van der Waals surface area contributed by atoms with E-state index in [1.807, 2.05) is 0 Å². The second kappa shape index (κ2) is 5.12. The average molecular weight is 274 g/mol. The van der Waals surface area contributed by atoms with Crippen molar-refractivity contribution in [2.75, 3.05) is 0 Å². The van der Waals surface area contributed by atoms with Gasteiger partial charge in [-0.25, -0.2) is 0 Å². The Morgan fingerprint density at radius 3 is 2.55 bits per heavy atom. The summed E-state index contributed by atoms with van der Waals surface area (Å²) in [6.07, 6.45) is 0. The van der Waals surface area contributed by atoms with Crippen molar-refractivity contribution in [2.24, 2.45) is 0 Å². The molecule has 0 saturated heterocycles. The zero-order valence-corrected chi connectivity index (χ0v) is 11.0. The molecule has 0 amide bonds. The van der Waals surface area contributed by atoms with Gasteiger partial charge in [0, 0.05) is 5.56 Å². The van der Waals surface area contributed by atoms with Gasteiger partial charge < -0.3 is 9.90 Å². The molecular formula is C13H12N3O4-. The molecule has 2 rings (SSSR count). The van der Waals surface area contributed by atoms with E-state index < -0.39 is 10.9 Å². The van der Waals surface area contributed by atoms with E-state index in [-0.39, 0.29) is 17.8 Å². The first-order chi connectivity index (χ1) is 9.41. The number of nitro groups is 1. The van der Waals surface area contributed by atoms with Crippen molar-refractivity contribution in [3.05, 3.63) is 56.9 Å². The fraction of sp³-hybridized carbons (Fsp3) is 0.231. The van der Waals surface area contributed by atoms with Gasteiger partial charge in [-0.1, -0.05) is 24.3 Å². The van der Waals surface area contributed by atoms with E-state index in [0.717, 1.165) is 0 Å². The Labute approximate surface area is 114 Å². The van der Waals surface area contributed by atoms with Gasteiger partial charge in [0.2, 0.25) is 0 Å². The van der Waals surface area contributed by atoms with Crippen LogP contribution in [0.25, 0.3) is 0 Å². The van der Waals surface area contributed by atoms with Crippen LogP contribution < -0.4 is 5.11 Å². The molecule has 0 N–H and O–H groups in total. The predicted octanol–water partition coefficient (Wildman–Crippen LogP) is 0.820. The normalized spacial score (nSPS) is 10.5. The van der Waals surface area contributed by atoms with Crippen molar-refractivity contribution in [1.82, 2.24) is 9.78 Å². The highest BCUT2D eigenvalue weighted by Gasteiger charge is 2.22. The number of hydrogen-bond acceptors (Lipinski definition) is 5. The molecule has 7 heteroatoms. The lowest BCUT2D eigenvalue weighted by molar-refractivity contribution is -0.386. The summed E-state index contributed by atoms with van der Waals surface area (Å²) in [6, 6.07) is 6.36. The lowest BCUT2D eigenvalue weighted by atomic mass is 10.1. The van der Waals surface area contributed by atoms with Crippen molar-refractivity contribution in [3.8, 4) is 0 Å². The zero-order chi connectivity index (χ0) is 14.9. The maximum absolute atomic E-state index is 11.0. The van der Waals surface area contributed by atoms with E-state index >= 15 is 0 Å². The van der Waals surface area contributed by atoms with Crippen molar-refractivity contribution < 1.29 is 14.8 Å². The summed E-state index contributed by atoms with van der Waals surface area (Å²) in [6.45, 7) is 3.27. The molecule has 0 saturated carbocycles. The molecule has 20 heavy (non-hydrogen) atoms. The monoisotopic (exact) mass is 274 g/mol. The molecule has 104 valence electrons. The first-order valence-electron chi connectivity index (χ1n) is 5.89. The molecule has 0 aliphatic heterocycles. The maximum Gasteiger partial charge on any atom is 0.312 e. The van der Waals surface area contributed by atoms with Crippen LogP contribution in [0.1, 0.15) is 27.3 Å². The Morgan fingerprint density at radius 1 is 1.35 bits per heavy atom. The fourth-order valence-corrected chi connectivity index (χ4v) is 2.12. The second-order valence-corrected chi connectivity index (χ2v) is 4.38. The van der Waals surface area contributed by atoms with Crippen LogP contribution >= 0.6 is 0 Å². The Hall–Kier alpha value is -2.70. The molecular weight excluding hydrogens is 262 g/mol. The van der Waals surface area contributed by atoms with Gasteiger partial charge in [-0.05, 0) is 19.4 Å². The van der Waals surface area contributed by atoms with Crippen LogP contribution in [0.4, 0.5) is 5.69 Å². The SMILES string of the molecule is Cc1nn(Cc2ccccc2C(=O)[O-])c(C)c1[N+](=O)[O-]. The summed E-state index contributed by atoms with van der Waals surface area (Å²) < 4.78 is 1.43. The van der Waals surface area contributed by atoms with Gasteiger partial charge in [-0.15, -0.1) is 0 Å². The minimum Gasteiger partial charge on any atom is -0.545 e. The number of carboxylic acids is 1. The van der Waals surface area contributed by atoms with Crippen LogP contribution in [0, 0.1) is 24.0 Å². The molecule has 0 radical (unpaired) electrons. The number of aromatic nitrogens is 2. The highest BCUT2D eigenvalue weighted by molar-refractivity contribution is 5.87. The minimum absolute atomic E-state index is 0.0454. The quantitative estimate of drug-likeness (QED) is 0.606. The standard InChI is InChI=1S/C13H13N3O4/c1-8-12(16(19)20)9(2)15(14-8)7-10-5-3-4-6-11(10)13(17)18/h3-6H,7H2,1-2H3,(H,17,18)/p-1. The first kappa shape index (κ1) is 13.7. The van der Waals surface area contributed by atoms with Crippen LogP contribution in [-0.2, 0) is 6.54 Å². The third kappa shape index (κ3) is 2.37. The van der Waals surface area contributed by atoms with Crippen LogP contribution in [0.15, 0.2) is 24.3 Å². The van der Waals surface area contributed by atoms with E-state index in [2.05, 4.69) is 5.10 Å². The molecule has 0 spiro atoms. The van der Waals surface area contributed by atoms with Crippen molar-refractivity contribution in [2.45, 2.75) is 20.4 Å². The number of hydrogen-bond donors (Lipinski definition) is 0. The predicted molar refractivity (Wildman–Crippen MR) is 68.2 cm³/mol. The minimum atomic E-state index is -1.28. The number of carboxylic acid groups (broad SMARTS) is 1. The Morgan fingerprint density at radius 2 is 2.00 bits per heavy atom. The summed E-state index contributed by atoms with van der Waals surface area (Å²) in [5.41, 5.74) is 1.20. The molecule has 0 bridgehead atoms. The molecule has 1 heterocycles. The van der Waals surface area contributed by atoms with Crippen LogP contribution in [0.5, 0.6) is 0 Å².